The van der Waals surface area contributed by atoms with Crippen molar-refractivity contribution < 1.29 is 18.3 Å². The Hall–Kier alpha value is -5.37. The van der Waals surface area contributed by atoms with Crippen LogP contribution in [0.25, 0.3) is 11.6 Å². The maximum atomic E-state index is 14.6. The van der Waals surface area contributed by atoms with Gasteiger partial charge in [-0.3, -0.25) is 19.1 Å². The third-order valence-electron chi connectivity index (χ3n) is 8.42. The molecule has 0 spiro atoms. The summed E-state index contributed by atoms with van der Waals surface area (Å²) in [4.78, 5) is 31.7. The van der Waals surface area contributed by atoms with Crippen LogP contribution in [-0.2, 0) is 11.3 Å². The zero-order valence-electron chi connectivity index (χ0n) is 26.2. The Morgan fingerprint density at radius 2 is 1.46 bits per heavy atom. The molecule has 1 aliphatic heterocycles. The number of aromatic nitrogens is 1. The molecule has 242 valence electrons. The summed E-state index contributed by atoms with van der Waals surface area (Å²) in [6, 6.07) is 32.9. The van der Waals surface area contributed by atoms with Gasteiger partial charge < -0.3 is 9.64 Å². The zero-order valence-corrected chi connectivity index (χ0v) is 27.0. The highest BCUT2D eigenvalue weighted by Crippen LogP contribution is 2.29. The normalized spacial score (nSPS) is 14.6. The van der Waals surface area contributed by atoms with E-state index in [1.807, 2.05) is 36.4 Å². The third-order valence-corrected chi connectivity index (χ3v) is 9.55. The number of halogens is 2. The molecule has 0 N–H and O–H groups in total. The molecule has 5 aromatic rings. The van der Waals surface area contributed by atoms with Gasteiger partial charge in [0.25, 0.3) is 11.5 Å². The number of thiazole rings is 1. The second kappa shape index (κ2) is 14.6. The van der Waals surface area contributed by atoms with Crippen molar-refractivity contribution in [1.29, 1.82) is 5.26 Å². The van der Waals surface area contributed by atoms with Crippen molar-refractivity contribution in [3.8, 4) is 11.8 Å². The summed E-state index contributed by atoms with van der Waals surface area (Å²) in [6.07, 6.45) is 1.14. The van der Waals surface area contributed by atoms with E-state index in [0.29, 0.717) is 37.5 Å². The SMILES string of the molecule is COc1ccc(Cn2c(=O)/c(=C\c3c(F)cccc3F)s/c2=C(/C#N)C(=O)N2CCN(C(c3ccccc3)c3ccccc3)CC2)cc1. The number of rotatable bonds is 8. The molecule has 10 heteroatoms. The minimum Gasteiger partial charge on any atom is -0.497 e. The molecule has 0 unspecified atom stereocenters. The van der Waals surface area contributed by atoms with Gasteiger partial charge in [0, 0.05) is 31.7 Å². The lowest BCUT2D eigenvalue weighted by Crippen LogP contribution is -2.50. The predicted molar refractivity (Wildman–Crippen MR) is 182 cm³/mol. The molecule has 48 heavy (non-hydrogen) atoms. The highest BCUT2D eigenvalue weighted by Gasteiger charge is 2.30. The lowest BCUT2D eigenvalue weighted by atomic mass is 9.96. The number of benzene rings is 4. The minimum atomic E-state index is -0.825. The Labute approximate surface area is 280 Å². The van der Waals surface area contributed by atoms with Crippen LogP contribution in [0, 0.1) is 23.0 Å². The molecule has 4 aromatic carbocycles. The average molecular weight is 663 g/mol. The number of methoxy groups -OCH3 is 1. The number of piperazine rings is 1. The minimum absolute atomic E-state index is 0.00134. The van der Waals surface area contributed by atoms with E-state index in [1.54, 1.807) is 36.3 Å². The number of carbonyl (C=O) groups excluding carboxylic acids is 1. The lowest BCUT2D eigenvalue weighted by molar-refractivity contribution is -0.126. The molecule has 6 rings (SSSR count). The van der Waals surface area contributed by atoms with E-state index in [4.69, 9.17) is 4.74 Å². The fraction of sp³-hybridized carbons (Fsp3) is 0.184. The first-order valence-electron chi connectivity index (χ1n) is 15.4. The number of nitriles is 1. The van der Waals surface area contributed by atoms with Crippen molar-refractivity contribution in [2.75, 3.05) is 33.3 Å². The molecule has 2 heterocycles. The molecular weight excluding hydrogens is 631 g/mol. The van der Waals surface area contributed by atoms with Crippen LogP contribution in [0.3, 0.4) is 0 Å². The van der Waals surface area contributed by atoms with Crippen LogP contribution in [0.15, 0.2) is 108 Å². The first kappa shape index (κ1) is 32.6. The Morgan fingerprint density at radius 1 is 0.875 bits per heavy atom. The van der Waals surface area contributed by atoms with E-state index < -0.39 is 23.1 Å². The lowest BCUT2D eigenvalue weighted by Gasteiger charge is -2.39. The maximum Gasteiger partial charge on any atom is 0.269 e. The highest BCUT2D eigenvalue weighted by molar-refractivity contribution is 7.07. The van der Waals surface area contributed by atoms with E-state index in [1.165, 1.54) is 10.6 Å². The third kappa shape index (κ3) is 6.83. The van der Waals surface area contributed by atoms with Crippen LogP contribution in [0.1, 0.15) is 28.3 Å². The van der Waals surface area contributed by atoms with E-state index in [2.05, 4.69) is 35.2 Å². The first-order chi connectivity index (χ1) is 23.4. The van der Waals surface area contributed by atoms with E-state index in [-0.39, 0.29) is 32.9 Å². The van der Waals surface area contributed by atoms with Gasteiger partial charge in [-0.25, -0.2) is 8.78 Å². The fourth-order valence-electron chi connectivity index (χ4n) is 5.96. The summed E-state index contributed by atoms with van der Waals surface area (Å²) < 4.78 is 35.9. The molecule has 7 nitrogen and oxygen atoms in total. The molecule has 1 aromatic heterocycles. The summed E-state index contributed by atoms with van der Waals surface area (Å²) in [6.45, 7) is 1.90. The largest absolute Gasteiger partial charge is 0.497 e. The van der Waals surface area contributed by atoms with Crippen LogP contribution < -0.4 is 19.5 Å². The summed E-state index contributed by atoms with van der Waals surface area (Å²) in [5.41, 5.74) is 1.87. The van der Waals surface area contributed by atoms with Crippen LogP contribution in [0.2, 0.25) is 0 Å². The second-order valence-corrected chi connectivity index (χ2v) is 12.4. The highest BCUT2D eigenvalue weighted by atomic mass is 32.1. The number of carbonyl (C=O) groups is 1. The van der Waals surface area contributed by atoms with Gasteiger partial charge in [-0.05, 0) is 47.0 Å². The zero-order chi connectivity index (χ0) is 33.6. The van der Waals surface area contributed by atoms with Gasteiger partial charge in [-0.2, -0.15) is 5.26 Å². The van der Waals surface area contributed by atoms with Crippen molar-refractivity contribution in [3.63, 3.8) is 0 Å². The van der Waals surface area contributed by atoms with E-state index in [9.17, 15) is 23.6 Å². The van der Waals surface area contributed by atoms with E-state index >= 15 is 0 Å². The summed E-state index contributed by atoms with van der Waals surface area (Å²) in [7, 11) is 1.55. The van der Waals surface area contributed by atoms with Crippen LogP contribution >= 0.6 is 11.3 Å². The molecule has 1 aliphatic rings. The topological polar surface area (TPSA) is 78.6 Å². The molecule has 0 aliphatic carbocycles. The van der Waals surface area contributed by atoms with Crippen molar-refractivity contribution in [3.05, 3.63) is 157 Å². The molecule has 0 atom stereocenters. The van der Waals surface area contributed by atoms with Gasteiger partial charge in [0.15, 0.2) is 5.57 Å². The monoisotopic (exact) mass is 662 g/mol. The van der Waals surface area contributed by atoms with Crippen LogP contribution in [0.5, 0.6) is 5.75 Å². The van der Waals surface area contributed by atoms with Gasteiger partial charge in [0.1, 0.15) is 28.1 Å². The molecule has 0 saturated carbocycles. The number of hydrogen-bond acceptors (Lipinski definition) is 6. The van der Waals surface area contributed by atoms with Gasteiger partial charge in [0.2, 0.25) is 0 Å². The van der Waals surface area contributed by atoms with Gasteiger partial charge >= 0.3 is 0 Å². The van der Waals surface area contributed by atoms with Crippen molar-refractivity contribution in [2.45, 2.75) is 12.6 Å². The van der Waals surface area contributed by atoms with Crippen LogP contribution in [0.4, 0.5) is 8.78 Å². The summed E-state index contributed by atoms with van der Waals surface area (Å²) in [5.74, 6) is -1.52. The van der Waals surface area contributed by atoms with Crippen molar-refractivity contribution in [1.82, 2.24) is 14.4 Å². The summed E-state index contributed by atoms with van der Waals surface area (Å²) >= 11 is 0.870. The van der Waals surface area contributed by atoms with Gasteiger partial charge in [-0.15, -0.1) is 11.3 Å². The second-order valence-electron chi connectivity index (χ2n) is 11.3. The molecule has 0 bridgehead atoms. The molecule has 1 amide bonds. The average Bonchev–Trinajstić information content (AvgIpc) is 3.41. The Morgan fingerprint density at radius 3 is 2.00 bits per heavy atom. The quantitative estimate of drug-likeness (QED) is 0.241. The van der Waals surface area contributed by atoms with Crippen molar-refractivity contribution in [2.24, 2.45) is 0 Å². The predicted octanol–water partition coefficient (Wildman–Crippen LogP) is 4.68. The maximum absolute atomic E-state index is 14.6. The first-order valence-corrected chi connectivity index (χ1v) is 16.3. The Bertz CT molecular complexity index is 2080. The molecule has 0 radical (unpaired) electrons. The van der Waals surface area contributed by atoms with E-state index in [0.717, 1.165) is 40.7 Å². The molecule has 1 fully saturated rings. The standard InChI is InChI=1S/C38H32F2N4O3S/c1-47-29-17-15-26(16-18-29)25-44-37(46)34(23-30-32(39)13-8-14-33(30)40)48-38(44)31(24-41)36(45)43-21-19-42(20-22-43)35(27-9-4-2-5-10-27)28-11-6-3-7-12-28/h2-18,23,35H,19-22,25H2,1H3/b34-23+,38-31-. The Kier molecular flexibility index (Phi) is 9.90. The number of nitrogens with zero attached hydrogens (tertiary/aromatic N) is 4. The fourth-order valence-corrected chi connectivity index (χ4v) is 7.03. The van der Waals surface area contributed by atoms with Crippen molar-refractivity contribution >= 4 is 28.9 Å². The molecular formula is C38H32F2N4O3S. The Balaban J connectivity index is 1.36. The number of ether oxygens (including phenoxy) is 1. The van der Waals surface area contributed by atoms with Gasteiger partial charge in [-0.1, -0.05) is 78.9 Å². The number of hydrogen-bond donors (Lipinski definition) is 0. The van der Waals surface area contributed by atoms with Crippen LogP contribution in [-0.4, -0.2) is 53.6 Å². The molecule has 1 saturated heterocycles. The van der Waals surface area contributed by atoms with Gasteiger partial charge in [0.05, 0.1) is 24.2 Å². The summed E-state index contributed by atoms with van der Waals surface area (Å²) in [5, 5.41) is 10.4. The number of amides is 1. The smallest absolute Gasteiger partial charge is 0.269 e.